The average molecular weight is 284 g/mol. The molecule has 1 N–H and O–H groups in total. The second-order valence-corrected chi connectivity index (χ2v) is 7.59. The van der Waals surface area contributed by atoms with Gasteiger partial charge in [0.05, 0.1) is 5.25 Å². The fourth-order valence-corrected chi connectivity index (χ4v) is 3.74. The molecule has 2 rings (SSSR count). The number of amides is 1. The highest BCUT2D eigenvalue weighted by atomic mass is 32.2. The van der Waals surface area contributed by atoms with E-state index < -0.39 is 0 Å². The van der Waals surface area contributed by atoms with E-state index in [-0.39, 0.29) is 11.2 Å². The van der Waals surface area contributed by atoms with Crippen LogP contribution in [0.4, 0.5) is 0 Å². The molecule has 3 nitrogen and oxygen atoms in total. The molecule has 1 saturated carbocycles. The molecule has 1 heterocycles. The summed E-state index contributed by atoms with van der Waals surface area (Å²) in [6, 6.07) is 1.18. The summed E-state index contributed by atoms with van der Waals surface area (Å²) >= 11 is 1.79. The van der Waals surface area contributed by atoms with Crippen molar-refractivity contribution >= 4 is 17.7 Å². The number of thioether (sulfide) groups is 1. The van der Waals surface area contributed by atoms with Gasteiger partial charge in [-0.2, -0.15) is 0 Å². The third kappa shape index (κ3) is 4.38. The van der Waals surface area contributed by atoms with Crippen LogP contribution < -0.4 is 5.32 Å². The Morgan fingerprint density at radius 3 is 2.79 bits per heavy atom. The van der Waals surface area contributed by atoms with Gasteiger partial charge in [-0.25, -0.2) is 0 Å². The Hall–Kier alpha value is -0.220. The van der Waals surface area contributed by atoms with Crippen LogP contribution in [-0.2, 0) is 4.79 Å². The van der Waals surface area contributed by atoms with Gasteiger partial charge in [-0.3, -0.25) is 9.69 Å². The van der Waals surface area contributed by atoms with Crippen LogP contribution in [0, 0.1) is 5.92 Å². The lowest BCUT2D eigenvalue weighted by atomic mass is 10.1. The van der Waals surface area contributed by atoms with E-state index in [1.165, 1.54) is 25.7 Å². The Bertz CT molecular complexity index is 307. The molecule has 110 valence electrons. The van der Waals surface area contributed by atoms with Gasteiger partial charge in [-0.05, 0) is 37.9 Å². The number of carbonyl (C=O) groups excluding carboxylic acids is 1. The summed E-state index contributed by atoms with van der Waals surface area (Å²) in [5, 5.41) is 3.36. The maximum absolute atomic E-state index is 12.2. The van der Waals surface area contributed by atoms with Gasteiger partial charge in [-0.1, -0.05) is 20.3 Å². The molecular weight excluding hydrogens is 256 g/mol. The number of hydrogen-bond donors (Lipinski definition) is 1. The Labute approximate surface area is 121 Å². The zero-order chi connectivity index (χ0) is 13.8. The smallest absolute Gasteiger partial charge is 0.233 e. The largest absolute Gasteiger partial charge is 0.351 e. The predicted octanol–water partition coefficient (Wildman–Crippen LogP) is 2.51. The molecule has 0 aromatic rings. The molecule has 3 atom stereocenters. The Morgan fingerprint density at radius 2 is 2.16 bits per heavy atom. The monoisotopic (exact) mass is 284 g/mol. The van der Waals surface area contributed by atoms with Gasteiger partial charge in [0.15, 0.2) is 0 Å². The normalized spacial score (nSPS) is 29.4. The molecule has 0 aromatic carbocycles. The van der Waals surface area contributed by atoms with Gasteiger partial charge in [0.25, 0.3) is 0 Å². The van der Waals surface area contributed by atoms with E-state index in [0.29, 0.717) is 12.0 Å². The quantitative estimate of drug-likeness (QED) is 0.729. The molecule has 2 fully saturated rings. The van der Waals surface area contributed by atoms with Gasteiger partial charge in [0.2, 0.25) is 5.91 Å². The minimum absolute atomic E-state index is 0.0914. The Kier molecular flexibility index (Phi) is 5.58. The fourth-order valence-electron chi connectivity index (χ4n) is 2.71. The number of likely N-dealkylation sites (tertiary alicyclic amines) is 1. The first-order chi connectivity index (χ1) is 9.11. The lowest BCUT2D eigenvalue weighted by Crippen LogP contribution is -2.43. The molecule has 1 amide bonds. The Balaban J connectivity index is 1.72. The second kappa shape index (κ2) is 6.98. The molecule has 4 heteroatoms. The fraction of sp³-hybridized carbons (Fsp3) is 0.933. The Morgan fingerprint density at radius 1 is 1.42 bits per heavy atom. The number of hydrogen-bond acceptors (Lipinski definition) is 3. The summed E-state index contributed by atoms with van der Waals surface area (Å²) in [5.74, 6) is 1.92. The summed E-state index contributed by atoms with van der Waals surface area (Å²) < 4.78 is 0. The molecule has 1 aliphatic carbocycles. The number of nitrogens with zero attached hydrogens (tertiary/aromatic N) is 1. The van der Waals surface area contributed by atoms with Crippen molar-refractivity contribution in [3.05, 3.63) is 0 Å². The van der Waals surface area contributed by atoms with E-state index in [4.69, 9.17) is 0 Å². The standard InChI is InChI=1S/C15H28N2OS/c1-4-5-8-19-12(3)15(18)16-14-10-17(9-11(14)2)13-6-7-13/h11-14H,4-10H2,1-3H3,(H,16,18)/t11-,12-,14-/m1/s1. The molecule has 1 aliphatic heterocycles. The maximum atomic E-state index is 12.2. The number of nitrogens with one attached hydrogen (secondary N) is 1. The molecule has 0 spiro atoms. The van der Waals surface area contributed by atoms with Gasteiger partial charge < -0.3 is 5.32 Å². The van der Waals surface area contributed by atoms with E-state index in [0.717, 1.165) is 24.9 Å². The first-order valence-electron chi connectivity index (χ1n) is 7.77. The van der Waals surface area contributed by atoms with Gasteiger partial charge in [0.1, 0.15) is 0 Å². The molecule has 1 saturated heterocycles. The van der Waals surface area contributed by atoms with E-state index in [1.807, 2.05) is 6.92 Å². The molecule has 2 aliphatic rings. The zero-order valence-electron chi connectivity index (χ0n) is 12.5. The predicted molar refractivity (Wildman–Crippen MR) is 82.5 cm³/mol. The summed E-state index contributed by atoms with van der Waals surface area (Å²) in [7, 11) is 0. The van der Waals surface area contributed by atoms with Crippen molar-refractivity contribution in [2.45, 2.75) is 63.8 Å². The van der Waals surface area contributed by atoms with Crippen LogP contribution in [0.5, 0.6) is 0 Å². The van der Waals surface area contributed by atoms with Crippen LogP contribution in [0.3, 0.4) is 0 Å². The van der Waals surface area contributed by atoms with Crippen LogP contribution >= 0.6 is 11.8 Å². The lowest BCUT2D eigenvalue weighted by Gasteiger charge is -2.19. The summed E-state index contributed by atoms with van der Waals surface area (Å²) in [6.45, 7) is 8.71. The van der Waals surface area contributed by atoms with Crippen molar-refractivity contribution in [2.24, 2.45) is 5.92 Å². The highest BCUT2D eigenvalue weighted by Crippen LogP contribution is 2.31. The third-order valence-corrected chi connectivity index (χ3v) is 5.50. The number of rotatable bonds is 7. The van der Waals surface area contributed by atoms with Crippen molar-refractivity contribution in [3.63, 3.8) is 0 Å². The average Bonchev–Trinajstić information content (AvgIpc) is 3.16. The van der Waals surface area contributed by atoms with Crippen molar-refractivity contribution in [1.29, 1.82) is 0 Å². The highest BCUT2D eigenvalue weighted by Gasteiger charge is 2.38. The second-order valence-electron chi connectivity index (χ2n) is 6.14. The molecule has 0 radical (unpaired) electrons. The molecule has 19 heavy (non-hydrogen) atoms. The minimum Gasteiger partial charge on any atom is -0.351 e. The minimum atomic E-state index is 0.0914. The zero-order valence-corrected chi connectivity index (χ0v) is 13.3. The summed E-state index contributed by atoms with van der Waals surface area (Å²) in [6.07, 6.45) is 5.13. The molecule has 0 aromatic heterocycles. The molecular formula is C15H28N2OS. The third-order valence-electron chi connectivity index (χ3n) is 4.27. The molecule has 0 bridgehead atoms. The van der Waals surface area contributed by atoms with Gasteiger partial charge in [0, 0.05) is 25.2 Å². The van der Waals surface area contributed by atoms with Crippen LogP contribution in [0.1, 0.15) is 46.5 Å². The molecule has 0 unspecified atom stereocenters. The van der Waals surface area contributed by atoms with Crippen LogP contribution in [-0.4, -0.2) is 47.0 Å². The van der Waals surface area contributed by atoms with Crippen molar-refractivity contribution in [2.75, 3.05) is 18.8 Å². The summed E-state index contributed by atoms with van der Waals surface area (Å²) in [5.41, 5.74) is 0. The maximum Gasteiger partial charge on any atom is 0.233 e. The highest BCUT2D eigenvalue weighted by molar-refractivity contribution is 8.00. The summed E-state index contributed by atoms with van der Waals surface area (Å²) in [4.78, 5) is 14.7. The van der Waals surface area contributed by atoms with E-state index >= 15 is 0 Å². The number of carbonyl (C=O) groups is 1. The van der Waals surface area contributed by atoms with Crippen LogP contribution in [0.25, 0.3) is 0 Å². The van der Waals surface area contributed by atoms with E-state index in [9.17, 15) is 4.79 Å². The topological polar surface area (TPSA) is 32.3 Å². The van der Waals surface area contributed by atoms with Crippen molar-refractivity contribution in [3.8, 4) is 0 Å². The lowest BCUT2D eigenvalue weighted by molar-refractivity contribution is -0.121. The first-order valence-corrected chi connectivity index (χ1v) is 8.82. The van der Waals surface area contributed by atoms with Crippen molar-refractivity contribution < 1.29 is 4.79 Å². The van der Waals surface area contributed by atoms with E-state index in [2.05, 4.69) is 24.1 Å². The SMILES string of the molecule is CCCCS[C@H](C)C(=O)N[C@@H]1CN(C2CC2)C[C@H]1C. The first kappa shape index (κ1) is 15.2. The van der Waals surface area contributed by atoms with Crippen molar-refractivity contribution in [1.82, 2.24) is 10.2 Å². The van der Waals surface area contributed by atoms with Gasteiger partial charge in [-0.15, -0.1) is 11.8 Å². The van der Waals surface area contributed by atoms with Crippen LogP contribution in [0.15, 0.2) is 0 Å². The van der Waals surface area contributed by atoms with Crippen LogP contribution in [0.2, 0.25) is 0 Å². The van der Waals surface area contributed by atoms with Gasteiger partial charge >= 0.3 is 0 Å². The number of unbranched alkanes of at least 4 members (excludes halogenated alkanes) is 1. The van der Waals surface area contributed by atoms with E-state index in [1.54, 1.807) is 11.8 Å².